The SMILES string of the molecule is CCN(CC)C(=O)[C@@H]1CCCN(c2ncnc3c2c(-c2ccccc2)cn3-c2cccc(Cl)c2)C1. The van der Waals surface area contributed by atoms with Gasteiger partial charge in [0.2, 0.25) is 5.91 Å². The fourth-order valence-electron chi connectivity index (χ4n) is 5.11. The average molecular weight is 488 g/mol. The summed E-state index contributed by atoms with van der Waals surface area (Å²) in [5, 5.41) is 1.67. The molecule has 3 heterocycles. The summed E-state index contributed by atoms with van der Waals surface area (Å²) in [6, 6.07) is 18.1. The standard InChI is InChI=1S/C28H30ClN5O/c1-3-32(4-2)28(35)21-12-9-15-33(17-21)26-25-24(20-10-6-5-7-11-20)18-34(27(25)31-19-30-26)23-14-8-13-22(29)16-23/h5-8,10-11,13-14,16,18-19,21H,3-4,9,12,15,17H2,1-2H3/t21-/m1/s1. The maximum Gasteiger partial charge on any atom is 0.227 e. The molecular formula is C28H30ClN5O. The minimum atomic E-state index is -0.0242. The average Bonchev–Trinajstić information content (AvgIpc) is 3.30. The zero-order valence-electron chi connectivity index (χ0n) is 20.2. The molecule has 0 spiro atoms. The van der Waals surface area contributed by atoms with Crippen LogP contribution < -0.4 is 4.90 Å². The molecule has 0 aliphatic carbocycles. The Bertz CT molecular complexity index is 1330. The minimum Gasteiger partial charge on any atom is -0.355 e. The lowest BCUT2D eigenvalue weighted by atomic mass is 9.96. The fourth-order valence-corrected chi connectivity index (χ4v) is 5.29. The van der Waals surface area contributed by atoms with E-state index in [9.17, 15) is 4.79 Å². The molecule has 6 nitrogen and oxygen atoms in total. The van der Waals surface area contributed by atoms with Crippen LogP contribution in [0, 0.1) is 5.92 Å². The van der Waals surface area contributed by atoms with Crippen molar-refractivity contribution < 1.29 is 4.79 Å². The number of nitrogens with zero attached hydrogens (tertiary/aromatic N) is 5. The monoisotopic (exact) mass is 487 g/mol. The minimum absolute atomic E-state index is 0.0242. The van der Waals surface area contributed by atoms with Crippen LogP contribution in [0.4, 0.5) is 5.82 Å². The highest BCUT2D eigenvalue weighted by atomic mass is 35.5. The van der Waals surface area contributed by atoms with Gasteiger partial charge in [-0.05, 0) is 50.5 Å². The predicted octanol–water partition coefficient (Wildman–Crippen LogP) is 5.83. The third kappa shape index (κ3) is 4.50. The Kier molecular flexibility index (Phi) is 6.73. The van der Waals surface area contributed by atoms with Crippen LogP contribution in [0.2, 0.25) is 5.02 Å². The van der Waals surface area contributed by atoms with E-state index in [2.05, 4.69) is 27.8 Å². The Morgan fingerprint density at radius 1 is 1.09 bits per heavy atom. The van der Waals surface area contributed by atoms with Gasteiger partial charge in [-0.3, -0.25) is 4.79 Å². The number of carbonyl (C=O) groups is 1. The molecule has 4 aromatic rings. The molecule has 1 amide bonds. The van der Waals surface area contributed by atoms with Crippen LogP contribution in [0.1, 0.15) is 26.7 Å². The van der Waals surface area contributed by atoms with Gasteiger partial charge < -0.3 is 14.4 Å². The third-order valence-electron chi connectivity index (χ3n) is 6.88. The molecule has 5 rings (SSSR count). The Hall–Kier alpha value is -3.38. The van der Waals surface area contributed by atoms with Gasteiger partial charge in [0, 0.05) is 48.6 Å². The molecule has 180 valence electrons. The van der Waals surface area contributed by atoms with Crippen LogP contribution in [0.15, 0.2) is 67.1 Å². The van der Waals surface area contributed by atoms with E-state index in [0.29, 0.717) is 11.6 Å². The highest BCUT2D eigenvalue weighted by Gasteiger charge is 2.30. The Balaban J connectivity index is 1.63. The smallest absolute Gasteiger partial charge is 0.227 e. The van der Waals surface area contributed by atoms with Crippen LogP contribution in [0.5, 0.6) is 0 Å². The van der Waals surface area contributed by atoms with Crippen LogP contribution in [0.25, 0.3) is 27.8 Å². The molecule has 0 unspecified atom stereocenters. The van der Waals surface area contributed by atoms with Gasteiger partial charge in [-0.25, -0.2) is 9.97 Å². The molecule has 0 bridgehead atoms. The molecule has 35 heavy (non-hydrogen) atoms. The van der Waals surface area contributed by atoms with Crippen molar-refractivity contribution in [3.63, 3.8) is 0 Å². The van der Waals surface area contributed by atoms with Gasteiger partial charge >= 0.3 is 0 Å². The molecule has 2 aromatic heterocycles. The molecule has 1 aliphatic rings. The third-order valence-corrected chi connectivity index (χ3v) is 7.11. The number of benzene rings is 2. The van der Waals surface area contributed by atoms with Crippen LogP contribution in [-0.2, 0) is 4.79 Å². The fraction of sp³-hybridized carbons (Fsp3) is 0.321. The maximum absolute atomic E-state index is 13.2. The summed E-state index contributed by atoms with van der Waals surface area (Å²) >= 11 is 6.33. The first-order valence-corrected chi connectivity index (χ1v) is 12.7. The quantitative estimate of drug-likeness (QED) is 0.343. The second kappa shape index (κ2) is 10.1. The molecule has 0 radical (unpaired) electrons. The van der Waals surface area contributed by atoms with Gasteiger partial charge in [0.25, 0.3) is 0 Å². The zero-order chi connectivity index (χ0) is 24.4. The Morgan fingerprint density at radius 3 is 2.63 bits per heavy atom. The lowest BCUT2D eigenvalue weighted by molar-refractivity contribution is -0.135. The summed E-state index contributed by atoms with van der Waals surface area (Å²) in [5.41, 5.74) is 3.94. The summed E-state index contributed by atoms with van der Waals surface area (Å²) < 4.78 is 2.08. The first-order chi connectivity index (χ1) is 17.1. The van der Waals surface area contributed by atoms with Crippen molar-refractivity contribution in [1.29, 1.82) is 0 Å². The number of amides is 1. The number of piperidine rings is 1. The van der Waals surface area contributed by atoms with E-state index < -0.39 is 0 Å². The summed E-state index contributed by atoms with van der Waals surface area (Å²) in [4.78, 5) is 26.8. The number of anilines is 1. The number of halogens is 1. The molecular weight excluding hydrogens is 458 g/mol. The summed E-state index contributed by atoms with van der Waals surface area (Å²) in [5.74, 6) is 1.10. The highest BCUT2D eigenvalue weighted by Crippen LogP contribution is 2.38. The number of hydrogen-bond donors (Lipinski definition) is 0. The van der Waals surface area contributed by atoms with E-state index in [0.717, 1.165) is 66.1 Å². The van der Waals surface area contributed by atoms with E-state index in [4.69, 9.17) is 21.6 Å². The molecule has 7 heteroatoms. The van der Waals surface area contributed by atoms with Crippen LogP contribution in [-0.4, -0.2) is 51.5 Å². The van der Waals surface area contributed by atoms with Gasteiger partial charge in [-0.1, -0.05) is 48.0 Å². The van der Waals surface area contributed by atoms with Crippen molar-refractivity contribution >= 4 is 34.4 Å². The van der Waals surface area contributed by atoms with E-state index in [1.165, 1.54) is 0 Å². The van der Waals surface area contributed by atoms with Crippen molar-refractivity contribution in [1.82, 2.24) is 19.4 Å². The van der Waals surface area contributed by atoms with Crippen molar-refractivity contribution in [3.05, 3.63) is 72.1 Å². The number of hydrogen-bond acceptors (Lipinski definition) is 4. The van der Waals surface area contributed by atoms with Gasteiger partial charge in [0.15, 0.2) is 5.65 Å². The number of fused-ring (bicyclic) bond motifs is 1. The molecule has 0 N–H and O–H groups in total. The van der Waals surface area contributed by atoms with Crippen molar-refractivity contribution in [3.8, 4) is 16.8 Å². The lowest BCUT2D eigenvalue weighted by Crippen LogP contribution is -2.45. The topological polar surface area (TPSA) is 54.3 Å². The van der Waals surface area contributed by atoms with Gasteiger partial charge in [-0.2, -0.15) is 0 Å². The number of aromatic nitrogens is 3. The second-order valence-corrected chi connectivity index (χ2v) is 9.39. The predicted molar refractivity (Wildman–Crippen MR) is 142 cm³/mol. The van der Waals surface area contributed by atoms with E-state index in [1.807, 2.05) is 61.2 Å². The van der Waals surface area contributed by atoms with Crippen LogP contribution in [0.3, 0.4) is 0 Å². The van der Waals surface area contributed by atoms with E-state index in [-0.39, 0.29) is 11.8 Å². The van der Waals surface area contributed by atoms with Gasteiger partial charge in [0.1, 0.15) is 12.1 Å². The first-order valence-electron chi connectivity index (χ1n) is 12.3. The van der Waals surface area contributed by atoms with E-state index >= 15 is 0 Å². The molecule has 0 saturated carbocycles. The summed E-state index contributed by atoms with van der Waals surface area (Å²) in [6.07, 6.45) is 5.61. The van der Waals surface area contributed by atoms with E-state index in [1.54, 1.807) is 6.33 Å². The second-order valence-electron chi connectivity index (χ2n) is 8.95. The molecule has 2 aromatic carbocycles. The summed E-state index contributed by atoms with van der Waals surface area (Å²) in [7, 11) is 0. The van der Waals surface area contributed by atoms with Crippen molar-refractivity contribution in [2.45, 2.75) is 26.7 Å². The number of rotatable bonds is 6. The first kappa shape index (κ1) is 23.4. The normalized spacial score (nSPS) is 16.0. The maximum atomic E-state index is 13.2. The Morgan fingerprint density at radius 2 is 1.89 bits per heavy atom. The summed E-state index contributed by atoms with van der Waals surface area (Å²) in [6.45, 7) is 7.10. The number of carbonyl (C=O) groups excluding carboxylic acids is 1. The zero-order valence-corrected chi connectivity index (χ0v) is 20.9. The molecule has 1 saturated heterocycles. The van der Waals surface area contributed by atoms with Crippen molar-refractivity contribution in [2.24, 2.45) is 5.92 Å². The molecule has 1 atom stereocenters. The highest BCUT2D eigenvalue weighted by molar-refractivity contribution is 6.30. The van der Waals surface area contributed by atoms with Crippen LogP contribution >= 0.6 is 11.6 Å². The van der Waals surface area contributed by atoms with Gasteiger partial charge in [0.05, 0.1) is 11.3 Å². The molecule has 1 aliphatic heterocycles. The lowest BCUT2D eigenvalue weighted by Gasteiger charge is -2.35. The Labute approximate surface area is 211 Å². The largest absolute Gasteiger partial charge is 0.355 e. The molecule has 1 fully saturated rings. The van der Waals surface area contributed by atoms with Crippen molar-refractivity contribution in [2.75, 3.05) is 31.1 Å². The van der Waals surface area contributed by atoms with Gasteiger partial charge in [-0.15, -0.1) is 0 Å².